The number of rotatable bonds is 19. The largest absolute Gasteiger partial charge is 0.497 e. The number of amides is 2. The average Bonchev–Trinajstić information content (AvgIpc) is 1.08. The number of H-pyrrole nitrogens is 2. The van der Waals surface area contributed by atoms with Gasteiger partial charge in [0.15, 0.2) is 0 Å². The Morgan fingerprint density at radius 3 is 1.37 bits per heavy atom. The minimum absolute atomic E-state index is 0.0426. The third kappa shape index (κ3) is 16.3. The number of ether oxygens (including phenoxy) is 8. The van der Waals surface area contributed by atoms with Crippen LogP contribution in [0.2, 0.25) is 0 Å². The van der Waals surface area contributed by atoms with Gasteiger partial charge in [0.05, 0.1) is 60.6 Å². The molecule has 4 aromatic heterocycles. The number of likely N-dealkylation sites (tertiary alicyclic amines) is 2. The molecule has 4 aromatic carbocycles. The Labute approximate surface area is 545 Å². The molecule has 4 N–H and O–H groups in total. The van der Waals surface area contributed by atoms with Gasteiger partial charge in [0.1, 0.15) is 70.2 Å². The Hall–Kier alpha value is -9.86. The summed E-state index contributed by atoms with van der Waals surface area (Å²) < 4.78 is 47.5. The minimum atomic E-state index is -0.851. The van der Waals surface area contributed by atoms with E-state index in [0.717, 1.165) is 77.7 Å². The molecule has 2 aliphatic carbocycles. The standard InChI is InChI=1S/C36H40N4O8.C36H42N4O6/c1-36(2,3)48-35(42)39-16-6-7-24(19-39)26-17-28(37-33-27(26)18-29(40(43)44)34(41)38-33)32-30(46-20-22-10-11-22)8-5-9-31(32)47-21-23-12-14-25(45-4)15-13-23;1-36(2,3)46-35(42)40-16-6-7-24(19-40)26-18-29(38-33-27(26)17-28(37)34(41)39-33)32-30(44-20-22-10-11-22)8-5-9-31(32)45-21-23-12-14-25(43-4)15-13-23/h5,8-9,12-15,17-18,22,24H,6-7,10-11,16,19-21H2,1-4H3,(H,37,38,41);5,8-9,12-15,17-18,22,24H,6-7,10-11,16,19-21,37H2,1-4H3,(H,38,39,41). The maximum Gasteiger partial charge on any atom is 0.410 e. The van der Waals surface area contributed by atoms with E-state index in [1.165, 1.54) is 6.07 Å². The molecular formula is C72H82N8O14. The Morgan fingerprint density at radius 1 is 0.574 bits per heavy atom. The summed E-state index contributed by atoms with van der Waals surface area (Å²) in [6.07, 6.45) is 6.83. The number of methoxy groups -OCH3 is 2. The SMILES string of the molecule is COc1ccc(COc2cccc(OCC3CC3)c2-c2cc(C3CCCN(C(=O)OC(C)(C)C)C3)c3cc(N)c(=O)[nH]c3n2)cc1.COc1ccc(COc2cccc(OCC3CC3)c2-c2cc(C3CCCN(C(=O)OC(C)(C)C)C3)c3cc([N+](=O)[O-])c(=O)[nH]c3n2)cc1. The number of aromatic amines is 2. The predicted octanol–water partition coefficient (Wildman–Crippen LogP) is 13.7. The lowest BCUT2D eigenvalue weighted by atomic mass is 9.88. The fourth-order valence-electron chi connectivity index (χ4n) is 11.7. The van der Waals surface area contributed by atoms with Crippen molar-refractivity contribution in [3.8, 4) is 57.0 Å². The zero-order valence-corrected chi connectivity index (χ0v) is 54.5. The number of nitrogens with two attached hydrogens (primary N) is 1. The summed E-state index contributed by atoms with van der Waals surface area (Å²) >= 11 is 0. The third-order valence-electron chi connectivity index (χ3n) is 16.9. The lowest BCUT2D eigenvalue weighted by Gasteiger charge is -2.34. The highest BCUT2D eigenvalue weighted by Gasteiger charge is 2.34. The van der Waals surface area contributed by atoms with Crippen LogP contribution in [0.1, 0.15) is 127 Å². The number of nitrogens with one attached hydrogen (secondary N) is 2. The Kier molecular flexibility index (Phi) is 19.7. The number of carbonyl (C=O) groups is 2. The van der Waals surface area contributed by atoms with Crippen molar-refractivity contribution in [2.75, 3.05) is 59.3 Å². The molecule has 2 saturated heterocycles. The van der Waals surface area contributed by atoms with Gasteiger partial charge in [-0.1, -0.05) is 36.4 Å². The van der Waals surface area contributed by atoms with Crippen molar-refractivity contribution in [2.24, 2.45) is 11.8 Å². The molecule has 0 bridgehead atoms. The van der Waals surface area contributed by atoms with Crippen LogP contribution in [0.15, 0.2) is 119 Å². The van der Waals surface area contributed by atoms with Crippen molar-refractivity contribution in [3.05, 3.63) is 162 Å². The second-order valence-corrected chi connectivity index (χ2v) is 26.6. The van der Waals surface area contributed by atoms with Crippen molar-refractivity contribution in [1.29, 1.82) is 0 Å². The molecule has 2 aliphatic heterocycles. The van der Waals surface area contributed by atoms with Crippen LogP contribution in [0.3, 0.4) is 0 Å². The van der Waals surface area contributed by atoms with E-state index in [9.17, 15) is 29.3 Å². The van der Waals surface area contributed by atoms with Crippen LogP contribution in [0.4, 0.5) is 21.0 Å². The number of piperidine rings is 2. The number of hydrogen-bond acceptors (Lipinski definition) is 17. The number of fused-ring (bicyclic) bond motifs is 2. The van der Waals surface area contributed by atoms with Gasteiger partial charge in [-0.05, 0) is 194 Å². The molecule has 0 spiro atoms. The second-order valence-electron chi connectivity index (χ2n) is 26.6. The average molecular weight is 1280 g/mol. The Morgan fingerprint density at radius 2 is 0.979 bits per heavy atom. The van der Waals surface area contributed by atoms with E-state index >= 15 is 0 Å². The first-order chi connectivity index (χ1) is 45.1. The first-order valence-electron chi connectivity index (χ1n) is 32.1. The summed E-state index contributed by atoms with van der Waals surface area (Å²) in [5.74, 6) is 4.66. The summed E-state index contributed by atoms with van der Waals surface area (Å²) in [6, 6.07) is 33.5. The first-order valence-corrected chi connectivity index (χ1v) is 32.1. The number of anilines is 1. The van der Waals surface area contributed by atoms with E-state index < -0.39 is 39.0 Å². The predicted molar refractivity (Wildman–Crippen MR) is 357 cm³/mol. The molecule has 2 atom stereocenters. The monoisotopic (exact) mass is 1280 g/mol. The number of carbonyl (C=O) groups excluding carboxylic acids is 2. The molecule has 22 nitrogen and oxygen atoms in total. The molecule has 2 unspecified atom stereocenters. The maximum atomic E-state index is 13.1. The molecule has 4 fully saturated rings. The van der Waals surface area contributed by atoms with Crippen LogP contribution in [0.25, 0.3) is 44.6 Å². The molecule has 22 heteroatoms. The van der Waals surface area contributed by atoms with Crippen LogP contribution in [0.5, 0.6) is 34.5 Å². The van der Waals surface area contributed by atoms with Crippen molar-refractivity contribution in [1.82, 2.24) is 29.7 Å². The summed E-state index contributed by atoms with van der Waals surface area (Å²) in [5.41, 5.74) is 9.72. The van der Waals surface area contributed by atoms with Gasteiger partial charge < -0.3 is 63.4 Å². The molecule has 12 rings (SSSR count). The highest BCUT2D eigenvalue weighted by molar-refractivity contribution is 5.89. The lowest BCUT2D eigenvalue weighted by Crippen LogP contribution is -2.42. The van der Waals surface area contributed by atoms with Gasteiger partial charge in [0.2, 0.25) is 0 Å². The van der Waals surface area contributed by atoms with Crippen LogP contribution in [0, 0.1) is 22.0 Å². The number of nitrogen functional groups attached to an aromatic ring is 1. The highest BCUT2D eigenvalue weighted by atomic mass is 16.6. The smallest absolute Gasteiger partial charge is 0.410 e. The zero-order valence-electron chi connectivity index (χ0n) is 54.5. The van der Waals surface area contributed by atoms with Gasteiger partial charge in [0.25, 0.3) is 5.56 Å². The summed E-state index contributed by atoms with van der Waals surface area (Å²) in [7, 11) is 3.25. The molecule has 2 saturated carbocycles. The number of hydrogen-bond donors (Lipinski definition) is 3. The number of pyridine rings is 4. The van der Waals surface area contributed by atoms with Crippen molar-refractivity contribution >= 4 is 45.6 Å². The zero-order chi connectivity index (χ0) is 66.4. The summed E-state index contributed by atoms with van der Waals surface area (Å²) in [4.78, 5) is 81.6. The minimum Gasteiger partial charge on any atom is -0.497 e. The van der Waals surface area contributed by atoms with Crippen LogP contribution in [-0.2, 0) is 22.7 Å². The summed E-state index contributed by atoms with van der Waals surface area (Å²) in [6.45, 7) is 14.7. The van der Waals surface area contributed by atoms with E-state index in [0.29, 0.717) is 127 Å². The number of aromatic nitrogens is 4. The van der Waals surface area contributed by atoms with E-state index in [-0.39, 0.29) is 35.9 Å². The fraction of sp³-hybridized carbons (Fsp3) is 0.417. The molecule has 6 heterocycles. The molecule has 2 amide bonds. The van der Waals surface area contributed by atoms with Gasteiger partial charge in [-0.15, -0.1) is 0 Å². The van der Waals surface area contributed by atoms with Crippen LogP contribution < -0.4 is 45.3 Å². The van der Waals surface area contributed by atoms with E-state index in [1.54, 1.807) is 30.1 Å². The molecular weight excluding hydrogens is 1200 g/mol. The maximum absolute atomic E-state index is 13.1. The van der Waals surface area contributed by atoms with E-state index in [4.69, 9.17) is 53.6 Å². The van der Waals surface area contributed by atoms with E-state index in [1.807, 2.05) is 139 Å². The van der Waals surface area contributed by atoms with Gasteiger partial charge in [-0.2, -0.15) is 0 Å². The highest BCUT2D eigenvalue weighted by Crippen LogP contribution is 2.45. The van der Waals surface area contributed by atoms with Crippen LogP contribution in [-0.4, -0.2) is 112 Å². The number of nitrogens with zero attached hydrogens (tertiary/aromatic N) is 5. The molecule has 94 heavy (non-hydrogen) atoms. The topological polar surface area (TPSA) is 275 Å². The molecule has 0 radical (unpaired) electrons. The molecule has 494 valence electrons. The lowest BCUT2D eigenvalue weighted by molar-refractivity contribution is -0.386. The number of benzene rings is 4. The number of nitro groups is 1. The third-order valence-corrected chi connectivity index (χ3v) is 16.9. The first kappa shape index (κ1) is 65.6. The normalized spacial score (nSPS) is 16.6. The van der Waals surface area contributed by atoms with Crippen LogP contribution >= 0.6 is 0 Å². The fourth-order valence-corrected chi connectivity index (χ4v) is 11.7. The molecule has 4 aliphatic rings. The van der Waals surface area contributed by atoms with Gasteiger partial charge in [0, 0.05) is 54.9 Å². The van der Waals surface area contributed by atoms with Gasteiger partial charge >= 0.3 is 23.4 Å². The van der Waals surface area contributed by atoms with E-state index in [2.05, 4.69) is 9.97 Å². The van der Waals surface area contributed by atoms with Crippen molar-refractivity contribution in [2.45, 2.75) is 129 Å². The Balaban J connectivity index is 0.000000192. The summed E-state index contributed by atoms with van der Waals surface area (Å²) in [5, 5.41) is 13.0. The van der Waals surface area contributed by atoms with Gasteiger partial charge in [-0.25, -0.2) is 19.6 Å². The molecule has 8 aromatic rings. The van der Waals surface area contributed by atoms with Crippen molar-refractivity contribution in [3.63, 3.8) is 0 Å². The quantitative estimate of drug-likeness (QED) is 0.0501. The van der Waals surface area contributed by atoms with Gasteiger partial charge in [-0.3, -0.25) is 19.7 Å². The second kappa shape index (κ2) is 28.2. The Bertz CT molecular complexity index is 4190. The van der Waals surface area contributed by atoms with Crippen molar-refractivity contribution < 1.29 is 52.4 Å².